The van der Waals surface area contributed by atoms with Gasteiger partial charge in [0, 0.05) is 12.2 Å². The van der Waals surface area contributed by atoms with E-state index in [0.717, 1.165) is 23.2 Å². The zero-order valence-corrected chi connectivity index (χ0v) is 11.2. The summed E-state index contributed by atoms with van der Waals surface area (Å²) < 4.78 is 0. The summed E-state index contributed by atoms with van der Waals surface area (Å²) in [6.45, 7) is 6.51. The van der Waals surface area contributed by atoms with Crippen LogP contribution in [0, 0.1) is 13.8 Å². The Hall–Kier alpha value is -1.84. The Balaban J connectivity index is 2.54. The average molecular weight is 248 g/mol. The number of nitrogens with one attached hydrogen (secondary N) is 2. The Bertz CT molecular complexity index is 441. The lowest BCUT2D eigenvalue weighted by molar-refractivity contribution is -0.126. The predicted molar refractivity (Wildman–Crippen MR) is 72.5 cm³/mol. The molecule has 18 heavy (non-hydrogen) atoms. The number of hydrogen-bond donors (Lipinski definition) is 2. The van der Waals surface area contributed by atoms with Crippen LogP contribution in [-0.2, 0) is 9.59 Å². The maximum Gasteiger partial charge on any atom is 0.233 e. The molecule has 1 aromatic carbocycles. The first kappa shape index (κ1) is 14.2. The van der Waals surface area contributed by atoms with Gasteiger partial charge in [-0.3, -0.25) is 9.59 Å². The molecule has 1 rings (SSSR count). The van der Waals surface area contributed by atoms with E-state index in [1.54, 1.807) is 0 Å². The first-order valence-electron chi connectivity index (χ1n) is 6.17. The van der Waals surface area contributed by atoms with E-state index in [4.69, 9.17) is 0 Å². The fourth-order valence-electron chi connectivity index (χ4n) is 1.55. The van der Waals surface area contributed by atoms with Gasteiger partial charge >= 0.3 is 0 Å². The second kappa shape index (κ2) is 6.79. The van der Waals surface area contributed by atoms with Crippen molar-refractivity contribution in [3.63, 3.8) is 0 Å². The monoisotopic (exact) mass is 248 g/mol. The second-order valence-electron chi connectivity index (χ2n) is 4.32. The van der Waals surface area contributed by atoms with Crippen molar-refractivity contribution in [3.8, 4) is 0 Å². The molecule has 1 aromatic rings. The molecule has 4 nitrogen and oxygen atoms in total. The van der Waals surface area contributed by atoms with Crippen molar-refractivity contribution in [1.29, 1.82) is 0 Å². The molecule has 0 aromatic heterocycles. The molecule has 0 unspecified atom stereocenters. The number of carbonyl (C=O) groups excluding carboxylic acids is 2. The molecule has 0 atom stereocenters. The van der Waals surface area contributed by atoms with Crippen molar-refractivity contribution in [1.82, 2.24) is 5.32 Å². The fourth-order valence-corrected chi connectivity index (χ4v) is 1.55. The maximum absolute atomic E-state index is 11.7. The van der Waals surface area contributed by atoms with E-state index in [9.17, 15) is 9.59 Å². The highest BCUT2D eigenvalue weighted by atomic mass is 16.2. The topological polar surface area (TPSA) is 58.2 Å². The SMILES string of the molecule is CCCNC(=O)CC(=O)Nc1cccc(C)c1C. The molecule has 2 N–H and O–H groups in total. The lowest BCUT2D eigenvalue weighted by Gasteiger charge is -2.10. The van der Waals surface area contributed by atoms with Gasteiger partial charge in [0.2, 0.25) is 11.8 Å². The number of hydrogen-bond acceptors (Lipinski definition) is 2. The molecule has 2 amide bonds. The molecule has 0 saturated heterocycles. The normalized spacial score (nSPS) is 9.94. The predicted octanol–water partition coefficient (Wildman–Crippen LogP) is 2.16. The Morgan fingerprint density at radius 3 is 2.56 bits per heavy atom. The van der Waals surface area contributed by atoms with Crippen molar-refractivity contribution < 1.29 is 9.59 Å². The van der Waals surface area contributed by atoms with Gasteiger partial charge in [0.05, 0.1) is 0 Å². The van der Waals surface area contributed by atoms with Crippen molar-refractivity contribution >= 4 is 17.5 Å². The number of carbonyl (C=O) groups is 2. The molecular weight excluding hydrogens is 228 g/mol. The standard InChI is InChI=1S/C14H20N2O2/c1-4-8-15-13(17)9-14(18)16-12-7-5-6-10(2)11(12)3/h5-7H,4,8-9H2,1-3H3,(H,15,17)(H,16,18). The van der Waals surface area contributed by atoms with Crippen LogP contribution in [0.1, 0.15) is 30.9 Å². The summed E-state index contributed by atoms with van der Waals surface area (Å²) in [6.07, 6.45) is 0.734. The Kier molecular flexibility index (Phi) is 5.36. The van der Waals surface area contributed by atoms with Crippen molar-refractivity contribution in [3.05, 3.63) is 29.3 Å². The van der Waals surface area contributed by atoms with Crippen LogP contribution in [0.25, 0.3) is 0 Å². The summed E-state index contributed by atoms with van der Waals surface area (Å²) in [4.78, 5) is 23.1. The number of benzene rings is 1. The minimum absolute atomic E-state index is 0.132. The van der Waals surface area contributed by atoms with E-state index < -0.39 is 0 Å². The third-order valence-corrected chi connectivity index (χ3v) is 2.77. The molecule has 0 aliphatic rings. The second-order valence-corrected chi connectivity index (χ2v) is 4.32. The van der Waals surface area contributed by atoms with E-state index in [2.05, 4.69) is 10.6 Å². The fraction of sp³-hybridized carbons (Fsp3) is 0.429. The van der Waals surface area contributed by atoms with E-state index in [1.807, 2.05) is 39.0 Å². The molecule has 0 heterocycles. The Labute approximate surface area is 108 Å². The highest BCUT2D eigenvalue weighted by molar-refractivity contribution is 6.03. The van der Waals surface area contributed by atoms with Gasteiger partial charge in [-0.1, -0.05) is 19.1 Å². The Morgan fingerprint density at radius 1 is 1.17 bits per heavy atom. The van der Waals surface area contributed by atoms with E-state index in [0.29, 0.717) is 6.54 Å². The summed E-state index contributed by atoms with van der Waals surface area (Å²) in [6, 6.07) is 5.71. The van der Waals surface area contributed by atoms with Crippen LogP contribution < -0.4 is 10.6 Å². The van der Waals surface area contributed by atoms with Crippen LogP contribution in [0.2, 0.25) is 0 Å². The zero-order valence-electron chi connectivity index (χ0n) is 11.2. The quantitative estimate of drug-likeness (QED) is 0.784. The molecule has 98 valence electrons. The molecule has 0 spiro atoms. The zero-order chi connectivity index (χ0) is 13.5. The average Bonchev–Trinajstić information content (AvgIpc) is 2.32. The molecule has 0 saturated carbocycles. The first-order chi connectivity index (χ1) is 8.54. The van der Waals surface area contributed by atoms with Crippen LogP contribution in [0.4, 0.5) is 5.69 Å². The van der Waals surface area contributed by atoms with E-state index in [-0.39, 0.29) is 18.2 Å². The summed E-state index contributed by atoms with van der Waals surface area (Å²) in [5.41, 5.74) is 2.91. The summed E-state index contributed by atoms with van der Waals surface area (Å²) in [5, 5.41) is 5.43. The van der Waals surface area contributed by atoms with E-state index in [1.165, 1.54) is 0 Å². The minimum Gasteiger partial charge on any atom is -0.356 e. The summed E-state index contributed by atoms with van der Waals surface area (Å²) in [5.74, 6) is -0.517. The number of rotatable bonds is 5. The third-order valence-electron chi connectivity index (χ3n) is 2.77. The van der Waals surface area contributed by atoms with Gasteiger partial charge in [-0.15, -0.1) is 0 Å². The number of anilines is 1. The molecule has 0 fully saturated rings. The molecule has 0 radical (unpaired) electrons. The smallest absolute Gasteiger partial charge is 0.233 e. The van der Waals surface area contributed by atoms with Gasteiger partial charge in [0.1, 0.15) is 6.42 Å². The van der Waals surface area contributed by atoms with Crippen LogP contribution in [-0.4, -0.2) is 18.4 Å². The molecule has 4 heteroatoms. The van der Waals surface area contributed by atoms with Crippen LogP contribution in [0.15, 0.2) is 18.2 Å². The van der Waals surface area contributed by atoms with Gasteiger partial charge in [0.15, 0.2) is 0 Å². The molecule has 0 aliphatic heterocycles. The minimum atomic E-state index is -0.280. The van der Waals surface area contributed by atoms with Gasteiger partial charge in [0.25, 0.3) is 0 Å². The first-order valence-corrected chi connectivity index (χ1v) is 6.17. The van der Waals surface area contributed by atoms with Gasteiger partial charge in [-0.25, -0.2) is 0 Å². The largest absolute Gasteiger partial charge is 0.356 e. The van der Waals surface area contributed by atoms with Crippen LogP contribution in [0.5, 0.6) is 0 Å². The maximum atomic E-state index is 11.7. The lowest BCUT2D eigenvalue weighted by atomic mass is 10.1. The highest BCUT2D eigenvalue weighted by Gasteiger charge is 2.10. The third kappa shape index (κ3) is 4.20. The molecule has 0 aliphatic carbocycles. The van der Waals surface area contributed by atoms with Gasteiger partial charge in [-0.05, 0) is 37.5 Å². The molecule has 0 bridgehead atoms. The van der Waals surface area contributed by atoms with Gasteiger partial charge in [-0.2, -0.15) is 0 Å². The van der Waals surface area contributed by atoms with Crippen molar-refractivity contribution in [2.75, 3.05) is 11.9 Å². The van der Waals surface area contributed by atoms with E-state index >= 15 is 0 Å². The van der Waals surface area contributed by atoms with Crippen molar-refractivity contribution in [2.24, 2.45) is 0 Å². The number of amides is 2. The van der Waals surface area contributed by atoms with Crippen LogP contribution >= 0.6 is 0 Å². The lowest BCUT2D eigenvalue weighted by Crippen LogP contribution is -2.28. The molecular formula is C14H20N2O2. The summed E-state index contributed by atoms with van der Waals surface area (Å²) in [7, 11) is 0. The van der Waals surface area contributed by atoms with Crippen molar-refractivity contribution in [2.45, 2.75) is 33.6 Å². The van der Waals surface area contributed by atoms with Crippen LogP contribution in [0.3, 0.4) is 0 Å². The number of aryl methyl sites for hydroxylation is 1. The summed E-state index contributed by atoms with van der Waals surface area (Å²) >= 11 is 0. The van der Waals surface area contributed by atoms with Gasteiger partial charge < -0.3 is 10.6 Å². The Morgan fingerprint density at radius 2 is 1.89 bits per heavy atom. The highest BCUT2D eigenvalue weighted by Crippen LogP contribution is 2.17.